The third kappa shape index (κ3) is 6.75. The quantitative estimate of drug-likeness (QED) is 0.368. The number of nitrogens with zero attached hydrogens (tertiary/aromatic N) is 2. The number of esters is 2. The van der Waals surface area contributed by atoms with Gasteiger partial charge in [0.2, 0.25) is 0 Å². The van der Waals surface area contributed by atoms with E-state index < -0.39 is 12.2 Å². The minimum absolute atomic E-state index is 0. The van der Waals surface area contributed by atoms with E-state index in [0.29, 0.717) is 37.4 Å². The number of hydrogen-bond donors (Lipinski definition) is 4. The van der Waals surface area contributed by atoms with Crippen molar-refractivity contribution >= 4 is 24.3 Å². The highest BCUT2D eigenvalue weighted by Gasteiger charge is 2.29. The van der Waals surface area contributed by atoms with Gasteiger partial charge in [-0.2, -0.15) is 0 Å². The molecule has 2 aromatic carbocycles. The van der Waals surface area contributed by atoms with E-state index in [9.17, 15) is 19.8 Å². The van der Waals surface area contributed by atoms with Crippen molar-refractivity contribution in [2.45, 2.75) is 64.2 Å². The number of cyclic esters (lactones) is 2. The number of nitrogens with two attached hydrogens (primary N) is 2. The second-order valence-corrected chi connectivity index (χ2v) is 11.4. The molecule has 6 N–H and O–H groups in total. The summed E-state index contributed by atoms with van der Waals surface area (Å²) in [5.74, 6) is -0.538. The van der Waals surface area contributed by atoms with E-state index in [1.807, 2.05) is 26.0 Å². The van der Waals surface area contributed by atoms with Gasteiger partial charge < -0.3 is 31.2 Å². The Morgan fingerprint density at radius 1 is 0.780 bits per heavy atom. The summed E-state index contributed by atoms with van der Waals surface area (Å²) in [7, 11) is 0. The van der Waals surface area contributed by atoms with Crippen LogP contribution in [0.15, 0.2) is 24.3 Å². The topological polar surface area (TPSA) is 152 Å². The Labute approximate surface area is 247 Å². The summed E-state index contributed by atoms with van der Waals surface area (Å²) in [6.07, 6.45) is 0.860. The average Bonchev–Trinajstić information content (AvgIpc) is 3.70. The van der Waals surface area contributed by atoms with Gasteiger partial charge in [-0.25, -0.2) is 9.59 Å². The molecular formula is C30H41ClN4O6. The van der Waals surface area contributed by atoms with Gasteiger partial charge in [0, 0.05) is 49.4 Å². The van der Waals surface area contributed by atoms with Crippen LogP contribution in [0.1, 0.15) is 79.1 Å². The summed E-state index contributed by atoms with van der Waals surface area (Å²) in [5.41, 5.74) is 18.5. The molecule has 0 spiro atoms. The maximum atomic E-state index is 11.5. The van der Waals surface area contributed by atoms with Crippen LogP contribution in [0.4, 0.5) is 0 Å². The molecule has 4 atom stereocenters. The molecule has 6 rings (SSSR count). The maximum absolute atomic E-state index is 11.5. The van der Waals surface area contributed by atoms with E-state index in [2.05, 4.69) is 9.80 Å². The van der Waals surface area contributed by atoms with Gasteiger partial charge in [-0.15, -0.1) is 12.4 Å². The number of aliphatic hydroxyl groups excluding tert-OH is 2. The number of carbonyl (C=O) groups excluding carboxylic acids is 2. The second-order valence-electron chi connectivity index (χ2n) is 11.4. The number of benzene rings is 2. The Morgan fingerprint density at radius 3 is 1.51 bits per heavy atom. The lowest BCUT2D eigenvalue weighted by Crippen LogP contribution is -2.30. The van der Waals surface area contributed by atoms with E-state index in [0.717, 1.165) is 72.4 Å². The van der Waals surface area contributed by atoms with Gasteiger partial charge in [0.05, 0.1) is 23.3 Å². The van der Waals surface area contributed by atoms with Crippen LogP contribution in [0.5, 0.6) is 0 Å². The normalized spacial score (nSPS) is 23.2. The van der Waals surface area contributed by atoms with Crippen LogP contribution in [0.2, 0.25) is 0 Å². The van der Waals surface area contributed by atoms with Crippen LogP contribution in [0.3, 0.4) is 0 Å². The Hall–Kier alpha value is -2.57. The Kier molecular flexibility index (Phi) is 10.1. The van der Waals surface area contributed by atoms with Crippen LogP contribution in [-0.2, 0) is 22.7 Å². The number of aliphatic hydroxyl groups is 2. The van der Waals surface area contributed by atoms with Gasteiger partial charge in [-0.3, -0.25) is 9.80 Å². The first-order chi connectivity index (χ1) is 19.1. The molecule has 2 saturated heterocycles. The summed E-state index contributed by atoms with van der Waals surface area (Å²) in [5, 5.41) is 20.9. The molecule has 224 valence electrons. The fraction of sp³-hybridized carbons (Fsp3) is 0.533. The first kappa shape index (κ1) is 31.4. The zero-order valence-electron chi connectivity index (χ0n) is 23.7. The molecule has 0 saturated carbocycles. The van der Waals surface area contributed by atoms with Crippen molar-refractivity contribution in [3.63, 3.8) is 0 Å². The average molecular weight is 589 g/mol. The molecule has 11 heteroatoms. The number of carbonyl (C=O) groups is 2. The molecule has 2 fully saturated rings. The van der Waals surface area contributed by atoms with Crippen molar-refractivity contribution in [2.24, 2.45) is 11.5 Å². The van der Waals surface area contributed by atoms with Gasteiger partial charge in [0.15, 0.2) is 0 Å². The van der Waals surface area contributed by atoms with Crippen molar-refractivity contribution in [1.29, 1.82) is 0 Å². The van der Waals surface area contributed by atoms with Gasteiger partial charge in [-0.1, -0.05) is 12.1 Å². The number of ether oxygens (including phenoxy) is 2. The zero-order chi connectivity index (χ0) is 28.6. The lowest BCUT2D eigenvalue weighted by Gasteiger charge is -2.21. The lowest BCUT2D eigenvalue weighted by molar-refractivity contribution is 0.0525. The van der Waals surface area contributed by atoms with Crippen molar-refractivity contribution in [3.8, 4) is 0 Å². The molecule has 0 aromatic heterocycles. The molecule has 0 unspecified atom stereocenters. The van der Waals surface area contributed by atoms with Gasteiger partial charge in [0.1, 0.15) is 13.2 Å². The number of hydrogen-bond acceptors (Lipinski definition) is 10. The maximum Gasteiger partial charge on any atom is 0.338 e. The molecule has 2 aromatic rings. The summed E-state index contributed by atoms with van der Waals surface area (Å²) in [6.45, 7) is 9.22. The van der Waals surface area contributed by atoms with Crippen molar-refractivity contribution in [1.82, 2.24) is 9.80 Å². The number of likely N-dealkylation sites (tertiary alicyclic amines) is 2. The zero-order valence-corrected chi connectivity index (χ0v) is 24.5. The molecular weight excluding hydrogens is 548 g/mol. The van der Waals surface area contributed by atoms with Crippen LogP contribution >= 0.6 is 12.4 Å². The molecule has 0 aliphatic carbocycles. The first-order valence-electron chi connectivity index (χ1n) is 14.0. The summed E-state index contributed by atoms with van der Waals surface area (Å²) >= 11 is 0. The molecule has 41 heavy (non-hydrogen) atoms. The molecule has 4 aliphatic heterocycles. The summed E-state index contributed by atoms with van der Waals surface area (Å²) < 4.78 is 10.1. The Bertz CT molecular complexity index is 1190. The number of fused-ring (bicyclic) bond motifs is 2. The first-order valence-corrected chi connectivity index (χ1v) is 14.0. The highest BCUT2D eigenvalue weighted by molar-refractivity contribution is 5.94. The fourth-order valence-electron chi connectivity index (χ4n) is 6.20. The fourth-order valence-corrected chi connectivity index (χ4v) is 6.20. The van der Waals surface area contributed by atoms with Gasteiger partial charge in [0.25, 0.3) is 0 Å². The summed E-state index contributed by atoms with van der Waals surface area (Å²) in [6, 6.07) is 7.62. The van der Waals surface area contributed by atoms with Crippen LogP contribution in [0.25, 0.3) is 0 Å². The lowest BCUT2D eigenvalue weighted by atomic mass is 9.95. The Morgan fingerprint density at radius 2 is 1.17 bits per heavy atom. The predicted octanol–water partition coefficient (Wildman–Crippen LogP) is 1.89. The molecule has 10 nitrogen and oxygen atoms in total. The van der Waals surface area contributed by atoms with Crippen molar-refractivity contribution in [3.05, 3.63) is 68.8 Å². The SMILES string of the molecule is Cc1c([C@@H](O)CN2CC[C@@H](N)C2)ccc2c1COC2=O.Cc1c([C@@H](O)CN2CC[C@@H](N)C2)ccc2c1COC2=O.Cl. The number of rotatable bonds is 6. The molecule has 4 aliphatic rings. The summed E-state index contributed by atoms with van der Waals surface area (Å²) in [4.78, 5) is 27.4. The van der Waals surface area contributed by atoms with Crippen LogP contribution in [0, 0.1) is 13.8 Å². The number of β-amino-alcohol motifs (C(OH)–C–C–N with tert-alkyl or cyclic N) is 2. The smallest absolute Gasteiger partial charge is 0.338 e. The monoisotopic (exact) mass is 588 g/mol. The van der Waals surface area contributed by atoms with Crippen LogP contribution in [-0.4, -0.2) is 83.3 Å². The standard InChI is InChI=1S/2C15H20N2O3.ClH/c2*1-9-11(2-3-12-13(9)8-20-15(12)19)14(18)7-17-5-4-10(16)6-17;/h2*2-3,10,14,18H,4-8,16H2,1H3;1H/t2*10-,14+;/m11./s1. The van der Waals surface area contributed by atoms with Crippen molar-refractivity contribution in [2.75, 3.05) is 39.3 Å². The molecule has 0 amide bonds. The van der Waals surface area contributed by atoms with E-state index in [-0.39, 0.29) is 36.4 Å². The third-order valence-electron chi connectivity index (χ3n) is 8.61. The highest BCUT2D eigenvalue weighted by Crippen LogP contribution is 2.31. The highest BCUT2D eigenvalue weighted by atomic mass is 35.5. The van der Waals surface area contributed by atoms with E-state index >= 15 is 0 Å². The second kappa shape index (κ2) is 13.2. The number of halogens is 1. The molecule has 0 radical (unpaired) electrons. The van der Waals surface area contributed by atoms with E-state index in [1.165, 1.54) is 0 Å². The Balaban J connectivity index is 0.000000184. The van der Waals surface area contributed by atoms with Gasteiger partial charge in [-0.05, 0) is 74.2 Å². The largest absolute Gasteiger partial charge is 0.457 e. The minimum atomic E-state index is -0.554. The minimum Gasteiger partial charge on any atom is -0.457 e. The van der Waals surface area contributed by atoms with Crippen LogP contribution < -0.4 is 11.5 Å². The van der Waals surface area contributed by atoms with Gasteiger partial charge >= 0.3 is 11.9 Å². The predicted molar refractivity (Wildman–Crippen MR) is 156 cm³/mol. The van der Waals surface area contributed by atoms with Crippen molar-refractivity contribution < 1.29 is 29.3 Å². The van der Waals surface area contributed by atoms with E-state index in [1.54, 1.807) is 12.1 Å². The molecule has 0 bridgehead atoms. The third-order valence-corrected chi connectivity index (χ3v) is 8.61. The molecule has 4 heterocycles. The van der Waals surface area contributed by atoms with E-state index in [4.69, 9.17) is 20.9 Å².